The Balaban J connectivity index is 1.61. The maximum atomic E-state index is 15.9. The Bertz CT molecular complexity index is 1870. The topological polar surface area (TPSA) is 35.5 Å². The Labute approximate surface area is 243 Å². The predicted octanol–water partition coefficient (Wildman–Crippen LogP) is 10.5. The molecule has 0 fully saturated rings. The number of rotatable bonds is 5. The molecule has 3 nitrogen and oxygen atoms in total. The van der Waals surface area contributed by atoms with Crippen molar-refractivity contribution >= 4 is 60.1 Å². The summed E-state index contributed by atoms with van der Waals surface area (Å²) in [5, 5.41) is 0.222. The van der Waals surface area contributed by atoms with E-state index in [9.17, 15) is 4.79 Å². The van der Waals surface area contributed by atoms with Crippen molar-refractivity contribution in [3.63, 3.8) is 0 Å². The highest BCUT2D eigenvalue weighted by Crippen LogP contribution is 2.67. The van der Waals surface area contributed by atoms with Gasteiger partial charge < -0.3 is 9.47 Å². The van der Waals surface area contributed by atoms with E-state index in [0.29, 0.717) is 9.40 Å². The number of ether oxygens (including phenoxy) is 2. The predicted molar refractivity (Wildman–Crippen MR) is 152 cm³/mol. The van der Waals surface area contributed by atoms with E-state index in [1.54, 1.807) is 42.5 Å². The zero-order chi connectivity index (χ0) is 30.0. The summed E-state index contributed by atoms with van der Waals surface area (Å²) in [6, 6.07) is 20.2. The maximum absolute atomic E-state index is 15.9. The first-order valence-corrected chi connectivity index (χ1v) is 14.3. The first-order valence-electron chi connectivity index (χ1n) is 12.7. The Morgan fingerprint density at radius 2 is 1.21 bits per heavy atom. The van der Waals surface area contributed by atoms with Crippen molar-refractivity contribution in [1.82, 2.24) is 0 Å². The molecule has 3 aromatic carbocycles. The van der Waals surface area contributed by atoms with Gasteiger partial charge in [-0.1, -0.05) is 54.6 Å². The molecule has 0 amide bonds. The van der Waals surface area contributed by atoms with Crippen LogP contribution in [-0.2, 0) is 4.74 Å². The molecule has 1 aliphatic rings. The summed E-state index contributed by atoms with van der Waals surface area (Å²) < 4.78 is 105. The molecule has 2 aromatic heterocycles. The van der Waals surface area contributed by atoms with E-state index in [0.717, 1.165) is 22.7 Å². The molecular weight excluding hydrogens is 598 g/mol. The van der Waals surface area contributed by atoms with Crippen molar-refractivity contribution in [2.45, 2.75) is 37.7 Å². The lowest BCUT2D eigenvalue weighted by Gasteiger charge is -2.26. The summed E-state index contributed by atoms with van der Waals surface area (Å²) in [6.07, 6.45) is -2.50. The standard InChI is InChI=1S/C31H20F6O3S2/c1-16(39-28(38)40-18-10-4-3-5-11-18)27-24(20-13-7-9-15-22(20)42-27)26-25(29(32,33)31(36,37)30(26,34)35)23-17(2)41-21-14-8-6-12-19(21)23/h3-16H,1-2H3/t16-/m0/s1. The number of aryl methyl sites for hydroxylation is 1. The number of carbonyl (C=O) groups excluding carboxylic acids is 1. The first-order chi connectivity index (χ1) is 19.9. The smallest absolute Gasteiger partial charge is 0.425 e. The summed E-state index contributed by atoms with van der Waals surface area (Å²) >= 11 is 1.94. The summed E-state index contributed by atoms with van der Waals surface area (Å²) in [5.41, 5.74) is -3.78. The highest BCUT2D eigenvalue weighted by molar-refractivity contribution is 7.19. The largest absolute Gasteiger partial charge is 0.514 e. The molecule has 0 N–H and O–H groups in total. The van der Waals surface area contributed by atoms with E-state index in [-0.39, 0.29) is 31.8 Å². The zero-order valence-electron chi connectivity index (χ0n) is 21.9. The number of allylic oxidation sites excluding steroid dienone is 2. The number of fused-ring (bicyclic) bond motifs is 2. The van der Waals surface area contributed by atoms with Crippen LogP contribution >= 0.6 is 22.7 Å². The van der Waals surface area contributed by atoms with E-state index in [4.69, 9.17) is 9.47 Å². The van der Waals surface area contributed by atoms with Crippen LogP contribution in [-0.4, -0.2) is 23.9 Å². The molecule has 0 aliphatic heterocycles. The number of hydrogen-bond acceptors (Lipinski definition) is 5. The molecule has 2 heterocycles. The average Bonchev–Trinajstić information content (AvgIpc) is 3.51. The van der Waals surface area contributed by atoms with Gasteiger partial charge in [0.2, 0.25) is 0 Å². The fourth-order valence-corrected chi connectivity index (χ4v) is 7.55. The molecule has 0 radical (unpaired) electrons. The number of hydrogen-bond donors (Lipinski definition) is 0. The minimum absolute atomic E-state index is 0.0576. The Morgan fingerprint density at radius 1 is 0.714 bits per heavy atom. The zero-order valence-corrected chi connectivity index (χ0v) is 23.5. The molecule has 0 saturated heterocycles. The number of thiophene rings is 2. The molecule has 0 bridgehead atoms. The maximum Gasteiger partial charge on any atom is 0.514 e. The third kappa shape index (κ3) is 4.12. The summed E-state index contributed by atoms with van der Waals surface area (Å²) in [5.74, 6) is -16.1. The summed E-state index contributed by atoms with van der Waals surface area (Å²) in [4.78, 5) is 12.7. The van der Waals surface area contributed by atoms with E-state index in [2.05, 4.69) is 0 Å². The second-order valence-electron chi connectivity index (χ2n) is 9.77. The second-order valence-corrected chi connectivity index (χ2v) is 12.1. The number of alkyl halides is 6. The first kappa shape index (κ1) is 28.3. The van der Waals surface area contributed by atoms with Crippen LogP contribution in [0.4, 0.5) is 31.1 Å². The average molecular weight is 619 g/mol. The minimum Gasteiger partial charge on any atom is -0.425 e. The molecule has 0 unspecified atom stereocenters. The van der Waals surface area contributed by atoms with Gasteiger partial charge in [0, 0.05) is 47.3 Å². The monoisotopic (exact) mass is 618 g/mol. The normalized spacial score (nSPS) is 18.0. The van der Waals surface area contributed by atoms with Gasteiger partial charge in [0.25, 0.3) is 0 Å². The Hall–Kier alpha value is -3.83. The molecule has 1 atom stereocenters. The Morgan fingerprint density at radius 3 is 1.83 bits per heavy atom. The van der Waals surface area contributed by atoms with Gasteiger partial charge in [-0.05, 0) is 38.1 Å². The van der Waals surface area contributed by atoms with Gasteiger partial charge in [0.15, 0.2) is 0 Å². The third-order valence-electron chi connectivity index (χ3n) is 7.15. The number of halogens is 6. The molecule has 0 saturated carbocycles. The lowest BCUT2D eigenvalue weighted by Crippen LogP contribution is -2.49. The van der Waals surface area contributed by atoms with Crippen molar-refractivity contribution in [3.8, 4) is 5.75 Å². The molecule has 216 valence electrons. The van der Waals surface area contributed by atoms with Crippen molar-refractivity contribution in [2.75, 3.05) is 0 Å². The fourth-order valence-electron chi connectivity index (χ4n) is 5.28. The van der Waals surface area contributed by atoms with Crippen molar-refractivity contribution in [2.24, 2.45) is 0 Å². The third-order valence-corrected chi connectivity index (χ3v) is 9.57. The molecule has 6 rings (SSSR count). The minimum atomic E-state index is -5.74. The van der Waals surface area contributed by atoms with Crippen molar-refractivity contribution in [1.29, 1.82) is 0 Å². The molecule has 11 heteroatoms. The number of para-hydroxylation sites is 1. The second kappa shape index (κ2) is 9.88. The van der Waals surface area contributed by atoms with Crippen LogP contribution in [0.3, 0.4) is 0 Å². The highest BCUT2D eigenvalue weighted by Gasteiger charge is 2.80. The van der Waals surface area contributed by atoms with Gasteiger partial charge >= 0.3 is 23.9 Å². The van der Waals surface area contributed by atoms with Gasteiger partial charge in [0.05, 0.1) is 4.88 Å². The molecule has 0 spiro atoms. The number of carbonyl (C=O) groups is 1. The number of benzene rings is 3. The van der Waals surface area contributed by atoms with E-state index in [1.807, 2.05) is 0 Å². The molecule has 1 aliphatic carbocycles. The quantitative estimate of drug-likeness (QED) is 0.112. The Kier molecular flexibility index (Phi) is 6.65. The van der Waals surface area contributed by atoms with Crippen LogP contribution in [0.5, 0.6) is 5.75 Å². The van der Waals surface area contributed by atoms with Gasteiger partial charge in [0.1, 0.15) is 11.9 Å². The lowest BCUT2D eigenvalue weighted by atomic mass is 9.91. The van der Waals surface area contributed by atoms with Gasteiger partial charge in [-0.3, -0.25) is 0 Å². The fraction of sp³-hybridized carbons (Fsp3) is 0.194. The SMILES string of the molecule is Cc1sc2ccccc2c1C1=C(c2c([C@H](C)OC(=O)Oc3ccccc3)sc3ccccc23)C(F)(F)C(F)(F)C1(F)F. The van der Waals surface area contributed by atoms with Crippen LogP contribution in [0.2, 0.25) is 0 Å². The van der Waals surface area contributed by atoms with E-state index >= 15 is 26.3 Å². The highest BCUT2D eigenvalue weighted by atomic mass is 32.1. The van der Waals surface area contributed by atoms with Gasteiger partial charge in [-0.25, -0.2) is 4.79 Å². The lowest BCUT2D eigenvalue weighted by molar-refractivity contribution is -0.254. The van der Waals surface area contributed by atoms with Crippen LogP contribution in [0.25, 0.3) is 31.3 Å². The summed E-state index contributed by atoms with van der Waals surface area (Å²) in [7, 11) is 0. The van der Waals surface area contributed by atoms with Crippen LogP contribution in [0.1, 0.15) is 33.9 Å². The van der Waals surface area contributed by atoms with Gasteiger partial charge in [-0.15, -0.1) is 22.7 Å². The molecule has 42 heavy (non-hydrogen) atoms. The van der Waals surface area contributed by atoms with Crippen LogP contribution in [0.15, 0.2) is 78.9 Å². The summed E-state index contributed by atoms with van der Waals surface area (Å²) in [6.45, 7) is 2.78. The van der Waals surface area contributed by atoms with Gasteiger partial charge in [-0.2, -0.15) is 26.3 Å². The van der Waals surface area contributed by atoms with E-state index in [1.165, 1.54) is 50.2 Å². The molecule has 5 aromatic rings. The van der Waals surface area contributed by atoms with Crippen LogP contribution < -0.4 is 4.74 Å². The van der Waals surface area contributed by atoms with Crippen molar-refractivity contribution < 1.29 is 40.6 Å². The van der Waals surface area contributed by atoms with Crippen molar-refractivity contribution in [3.05, 3.63) is 99.7 Å². The van der Waals surface area contributed by atoms with E-state index < -0.39 is 46.7 Å². The van der Waals surface area contributed by atoms with Crippen LogP contribution in [0, 0.1) is 6.92 Å². The molecular formula is C31H20F6O3S2.